The van der Waals surface area contributed by atoms with Crippen LogP contribution in [0.4, 0.5) is 5.88 Å². The Balaban J connectivity index is 1.92. The first kappa shape index (κ1) is 7.61. The summed E-state index contributed by atoms with van der Waals surface area (Å²) >= 11 is 0. The van der Waals surface area contributed by atoms with Crippen LogP contribution in [0.5, 0.6) is 0 Å². The largest absolute Gasteiger partial charge is 0.351 e. The number of anilines is 1. The lowest BCUT2D eigenvalue weighted by atomic mass is 10.4. The van der Waals surface area contributed by atoms with Gasteiger partial charge in [-0.2, -0.15) is 0 Å². The molecular weight excluding hydrogens is 154 g/mol. The number of nitrogens with one attached hydrogen (secondary N) is 2. The van der Waals surface area contributed by atoms with Crippen LogP contribution in [0.3, 0.4) is 0 Å². The fourth-order valence-electron chi connectivity index (χ4n) is 1.07. The summed E-state index contributed by atoms with van der Waals surface area (Å²) < 4.78 is 5.07. The lowest BCUT2D eigenvalue weighted by Gasteiger charge is -1.94. The van der Waals surface area contributed by atoms with Crippen LogP contribution in [-0.2, 0) is 6.54 Å². The third-order valence-electron chi connectivity index (χ3n) is 1.84. The Hall–Kier alpha value is -1.03. The van der Waals surface area contributed by atoms with Crippen LogP contribution in [0.1, 0.15) is 18.5 Å². The van der Waals surface area contributed by atoms with Crippen molar-refractivity contribution in [2.24, 2.45) is 0 Å². The summed E-state index contributed by atoms with van der Waals surface area (Å²) in [7, 11) is 1.89. The Labute approximate surface area is 71.3 Å². The lowest BCUT2D eigenvalue weighted by molar-refractivity contribution is 0.421. The van der Waals surface area contributed by atoms with Crippen molar-refractivity contribution in [2.75, 3.05) is 12.4 Å². The van der Waals surface area contributed by atoms with Gasteiger partial charge in [0, 0.05) is 18.7 Å². The lowest BCUT2D eigenvalue weighted by Crippen LogP contribution is -2.04. The van der Waals surface area contributed by atoms with Gasteiger partial charge in [0.2, 0.25) is 5.88 Å². The highest BCUT2D eigenvalue weighted by Gasteiger charge is 2.22. The van der Waals surface area contributed by atoms with Gasteiger partial charge in [0.25, 0.3) is 0 Å². The molecule has 2 N–H and O–H groups in total. The maximum Gasteiger partial charge on any atom is 0.225 e. The van der Waals surface area contributed by atoms with Gasteiger partial charge >= 0.3 is 0 Å². The van der Waals surface area contributed by atoms with E-state index in [9.17, 15) is 0 Å². The Bertz CT molecular complexity index is 255. The van der Waals surface area contributed by atoms with Crippen LogP contribution in [0.25, 0.3) is 0 Å². The van der Waals surface area contributed by atoms with Gasteiger partial charge in [-0.05, 0) is 19.9 Å². The highest BCUT2D eigenvalue weighted by molar-refractivity contribution is 5.34. The van der Waals surface area contributed by atoms with Crippen LogP contribution in [0.15, 0.2) is 10.6 Å². The maximum absolute atomic E-state index is 5.07. The first-order valence-electron chi connectivity index (χ1n) is 4.25. The molecule has 1 saturated carbocycles. The molecule has 1 heterocycles. The second kappa shape index (κ2) is 3.15. The standard InChI is InChI=1S/C8H13N3O/c1-9-5-7-4-8(12-11-7)10-6-2-3-6/h4,6,9-10H,2-3,5H2,1H3. The third kappa shape index (κ3) is 1.76. The molecule has 12 heavy (non-hydrogen) atoms. The fourth-order valence-corrected chi connectivity index (χ4v) is 1.07. The van der Waals surface area contributed by atoms with E-state index in [2.05, 4.69) is 15.8 Å². The van der Waals surface area contributed by atoms with Crippen molar-refractivity contribution in [2.45, 2.75) is 25.4 Å². The quantitative estimate of drug-likeness (QED) is 0.701. The highest BCUT2D eigenvalue weighted by Crippen LogP contribution is 2.24. The summed E-state index contributed by atoms with van der Waals surface area (Å²) in [4.78, 5) is 0. The van der Waals surface area contributed by atoms with Gasteiger partial charge in [-0.1, -0.05) is 5.16 Å². The summed E-state index contributed by atoms with van der Waals surface area (Å²) in [5.41, 5.74) is 0.945. The van der Waals surface area contributed by atoms with Crippen LogP contribution in [0, 0.1) is 0 Å². The minimum absolute atomic E-state index is 0.625. The molecule has 0 radical (unpaired) electrons. The van der Waals surface area contributed by atoms with Gasteiger partial charge in [0.05, 0.1) is 5.69 Å². The molecule has 1 aromatic rings. The molecule has 1 fully saturated rings. The van der Waals surface area contributed by atoms with Gasteiger partial charge in [-0.15, -0.1) is 0 Å². The smallest absolute Gasteiger partial charge is 0.225 e. The van der Waals surface area contributed by atoms with Crippen molar-refractivity contribution in [3.63, 3.8) is 0 Å². The fraction of sp³-hybridized carbons (Fsp3) is 0.625. The Morgan fingerprint density at radius 3 is 3.17 bits per heavy atom. The summed E-state index contributed by atoms with van der Waals surface area (Å²) in [5, 5.41) is 10.1. The zero-order valence-corrected chi connectivity index (χ0v) is 7.13. The van der Waals surface area contributed by atoms with E-state index in [-0.39, 0.29) is 0 Å². The molecule has 4 nitrogen and oxygen atoms in total. The van der Waals surface area contributed by atoms with E-state index in [4.69, 9.17) is 4.52 Å². The van der Waals surface area contributed by atoms with Crippen molar-refractivity contribution in [3.8, 4) is 0 Å². The average molecular weight is 167 g/mol. The number of nitrogens with zero attached hydrogens (tertiary/aromatic N) is 1. The van der Waals surface area contributed by atoms with Gasteiger partial charge in [-0.25, -0.2) is 0 Å². The summed E-state index contributed by atoms with van der Waals surface area (Å²) in [6.07, 6.45) is 2.50. The van der Waals surface area contributed by atoms with Crippen LogP contribution in [-0.4, -0.2) is 18.2 Å². The van der Waals surface area contributed by atoms with Gasteiger partial charge in [-0.3, -0.25) is 0 Å². The molecule has 0 amide bonds. The molecule has 1 aromatic heterocycles. The molecule has 0 unspecified atom stereocenters. The van der Waals surface area contributed by atoms with E-state index in [1.165, 1.54) is 12.8 Å². The number of hydrogen-bond donors (Lipinski definition) is 2. The van der Waals surface area contributed by atoms with Crippen LogP contribution in [0.2, 0.25) is 0 Å². The monoisotopic (exact) mass is 167 g/mol. The molecule has 0 spiro atoms. The minimum Gasteiger partial charge on any atom is -0.351 e. The van der Waals surface area contributed by atoms with Crippen molar-refractivity contribution >= 4 is 5.88 Å². The molecule has 1 aliphatic rings. The predicted octanol–water partition coefficient (Wildman–Crippen LogP) is 0.968. The van der Waals surface area contributed by atoms with E-state index in [1.807, 2.05) is 13.1 Å². The van der Waals surface area contributed by atoms with Gasteiger partial charge in [0.1, 0.15) is 0 Å². The normalized spacial score (nSPS) is 16.4. The maximum atomic E-state index is 5.07. The highest BCUT2D eigenvalue weighted by atomic mass is 16.5. The SMILES string of the molecule is CNCc1cc(NC2CC2)on1. The first-order chi connectivity index (χ1) is 5.88. The number of rotatable bonds is 4. The van der Waals surface area contributed by atoms with Gasteiger partial charge < -0.3 is 15.2 Å². The van der Waals surface area contributed by atoms with E-state index in [1.54, 1.807) is 0 Å². The molecule has 0 saturated heterocycles. The molecule has 0 aliphatic heterocycles. The minimum atomic E-state index is 0.625. The molecule has 66 valence electrons. The van der Waals surface area contributed by atoms with Crippen LogP contribution >= 0.6 is 0 Å². The first-order valence-corrected chi connectivity index (χ1v) is 4.25. The topological polar surface area (TPSA) is 50.1 Å². The molecular formula is C8H13N3O. The van der Waals surface area contributed by atoms with Crippen molar-refractivity contribution in [1.29, 1.82) is 0 Å². The number of aromatic nitrogens is 1. The Kier molecular flexibility index (Phi) is 1.99. The van der Waals surface area contributed by atoms with E-state index >= 15 is 0 Å². The zero-order chi connectivity index (χ0) is 8.39. The second-order valence-electron chi connectivity index (χ2n) is 3.13. The summed E-state index contributed by atoms with van der Waals surface area (Å²) in [5.74, 6) is 0.794. The van der Waals surface area contributed by atoms with E-state index < -0.39 is 0 Å². The zero-order valence-electron chi connectivity index (χ0n) is 7.13. The molecule has 0 bridgehead atoms. The molecule has 1 aliphatic carbocycles. The molecule has 0 aromatic carbocycles. The molecule has 2 rings (SSSR count). The van der Waals surface area contributed by atoms with Crippen molar-refractivity contribution < 1.29 is 4.52 Å². The molecule has 4 heteroatoms. The van der Waals surface area contributed by atoms with Gasteiger partial charge in [0.15, 0.2) is 0 Å². The van der Waals surface area contributed by atoms with E-state index in [0.717, 1.165) is 18.1 Å². The van der Waals surface area contributed by atoms with E-state index in [0.29, 0.717) is 6.04 Å². The Morgan fingerprint density at radius 2 is 2.50 bits per heavy atom. The Morgan fingerprint density at radius 1 is 1.67 bits per heavy atom. The second-order valence-corrected chi connectivity index (χ2v) is 3.13. The van der Waals surface area contributed by atoms with Crippen molar-refractivity contribution in [3.05, 3.63) is 11.8 Å². The third-order valence-corrected chi connectivity index (χ3v) is 1.84. The average Bonchev–Trinajstić information content (AvgIpc) is 2.74. The van der Waals surface area contributed by atoms with Crippen LogP contribution < -0.4 is 10.6 Å². The van der Waals surface area contributed by atoms with Crippen molar-refractivity contribution in [1.82, 2.24) is 10.5 Å². The predicted molar refractivity (Wildman–Crippen MR) is 45.9 cm³/mol. The number of hydrogen-bond acceptors (Lipinski definition) is 4. The summed E-state index contributed by atoms with van der Waals surface area (Å²) in [6.45, 7) is 0.760. The molecule has 0 atom stereocenters. The summed E-state index contributed by atoms with van der Waals surface area (Å²) in [6, 6.07) is 2.56.